The van der Waals surface area contributed by atoms with Crippen molar-refractivity contribution in [1.82, 2.24) is 15.5 Å². The van der Waals surface area contributed by atoms with Crippen LogP contribution in [0.3, 0.4) is 0 Å². The lowest BCUT2D eigenvalue weighted by Crippen LogP contribution is -2.54. The maximum atomic E-state index is 12.3. The van der Waals surface area contributed by atoms with E-state index in [0.717, 1.165) is 32.1 Å². The first-order valence-corrected chi connectivity index (χ1v) is 8.99. The van der Waals surface area contributed by atoms with E-state index in [1.54, 1.807) is 0 Å². The normalized spacial score (nSPS) is 24.8. The van der Waals surface area contributed by atoms with Crippen molar-refractivity contribution < 1.29 is 4.79 Å². The van der Waals surface area contributed by atoms with Gasteiger partial charge in [0.2, 0.25) is 5.91 Å². The van der Waals surface area contributed by atoms with Gasteiger partial charge in [-0.05, 0) is 45.6 Å². The molecule has 21 heavy (non-hydrogen) atoms. The summed E-state index contributed by atoms with van der Waals surface area (Å²) in [6.07, 6.45) is 9.93. The topological polar surface area (TPSA) is 44.4 Å². The van der Waals surface area contributed by atoms with E-state index in [0.29, 0.717) is 6.04 Å². The number of rotatable bonds is 9. The molecule has 0 radical (unpaired) electrons. The molecule has 2 fully saturated rings. The average molecular weight is 295 g/mol. The molecular weight excluding hydrogens is 262 g/mol. The molecule has 2 atom stereocenters. The van der Waals surface area contributed by atoms with Gasteiger partial charge in [-0.1, -0.05) is 26.2 Å². The molecule has 1 aliphatic heterocycles. The molecule has 2 aliphatic rings. The highest BCUT2D eigenvalue weighted by atomic mass is 16.2. The number of hydrogen-bond donors (Lipinski definition) is 2. The number of nitrogens with zero attached hydrogens (tertiary/aromatic N) is 1. The Bertz CT molecular complexity index is 317. The Labute approximate surface area is 130 Å². The molecule has 0 aromatic rings. The Kier molecular flexibility index (Phi) is 6.97. The molecule has 1 saturated carbocycles. The first-order chi connectivity index (χ1) is 10.2. The zero-order valence-corrected chi connectivity index (χ0v) is 13.9. The van der Waals surface area contributed by atoms with Crippen molar-refractivity contribution in [3.05, 3.63) is 0 Å². The van der Waals surface area contributed by atoms with Crippen LogP contribution in [-0.2, 0) is 4.79 Å². The van der Waals surface area contributed by atoms with E-state index in [2.05, 4.69) is 29.4 Å². The lowest BCUT2D eigenvalue weighted by Gasteiger charge is -2.39. The molecule has 1 saturated heterocycles. The first kappa shape index (κ1) is 16.8. The van der Waals surface area contributed by atoms with Crippen molar-refractivity contribution in [2.75, 3.05) is 19.6 Å². The number of unbranched alkanes of at least 4 members (excludes halogenated alkanes) is 2. The fourth-order valence-electron chi connectivity index (χ4n) is 3.23. The summed E-state index contributed by atoms with van der Waals surface area (Å²) in [6.45, 7) is 7.22. The van der Waals surface area contributed by atoms with Crippen LogP contribution in [0, 0.1) is 0 Å². The molecule has 2 unspecified atom stereocenters. The summed E-state index contributed by atoms with van der Waals surface area (Å²) in [5.41, 5.74) is 0. The van der Waals surface area contributed by atoms with Crippen molar-refractivity contribution >= 4 is 5.91 Å². The van der Waals surface area contributed by atoms with E-state index < -0.39 is 0 Å². The summed E-state index contributed by atoms with van der Waals surface area (Å²) >= 11 is 0. The Balaban J connectivity index is 1.75. The van der Waals surface area contributed by atoms with Crippen LogP contribution in [0.4, 0.5) is 0 Å². The largest absolute Gasteiger partial charge is 0.355 e. The third kappa shape index (κ3) is 5.59. The standard InChI is InChI=1S/C17H33N3O/c1-3-4-6-11-18-17(21)14(2)20-12-7-5-8-16(20)13-19-15-9-10-15/h14-16,19H,3-13H2,1-2H3,(H,18,21). The highest BCUT2D eigenvalue weighted by Crippen LogP contribution is 2.22. The van der Waals surface area contributed by atoms with Gasteiger partial charge in [0.1, 0.15) is 0 Å². The molecule has 122 valence electrons. The maximum absolute atomic E-state index is 12.3. The molecule has 0 aromatic carbocycles. The summed E-state index contributed by atoms with van der Waals surface area (Å²) < 4.78 is 0. The Hall–Kier alpha value is -0.610. The highest BCUT2D eigenvalue weighted by molar-refractivity contribution is 5.81. The number of carbonyl (C=O) groups excluding carboxylic acids is 1. The SMILES string of the molecule is CCCCCNC(=O)C(C)N1CCCCC1CNC1CC1. The van der Waals surface area contributed by atoms with Gasteiger partial charge in [-0.3, -0.25) is 9.69 Å². The average Bonchev–Trinajstić information content (AvgIpc) is 3.33. The summed E-state index contributed by atoms with van der Waals surface area (Å²) in [5.74, 6) is 0.212. The molecule has 1 aliphatic carbocycles. The third-order valence-corrected chi connectivity index (χ3v) is 4.85. The molecule has 4 heteroatoms. The predicted octanol–water partition coefficient (Wildman–Crippen LogP) is 2.29. The number of likely N-dealkylation sites (tertiary alicyclic amines) is 1. The number of hydrogen-bond acceptors (Lipinski definition) is 3. The highest BCUT2D eigenvalue weighted by Gasteiger charge is 2.31. The minimum Gasteiger partial charge on any atom is -0.355 e. The van der Waals surface area contributed by atoms with Crippen molar-refractivity contribution in [1.29, 1.82) is 0 Å². The lowest BCUT2D eigenvalue weighted by atomic mass is 9.99. The van der Waals surface area contributed by atoms with Crippen LogP contribution in [0.2, 0.25) is 0 Å². The number of amides is 1. The van der Waals surface area contributed by atoms with Gasteiger partial charge in [-0.25, -0.2) is 0 Å². The predicted molar refractivity (Wildman–Crippen MR) is 87.4 cm³/mol. The number of carbonyl (C=O) groups is 1. The van der Waals surface area contributed by atoms with E-state index in [9.17, 15) is 4.79 Å². The molecule has 0 aromatic heterocycles. The minimum atomic E-state index is 0.0120. The van der Waals surface area contributed by atoms with Gasteiger partial charge in [0.15, 0.2) is 0 Å². The van der Waals surface area contributed by atoms with Crippen LogP contribution in [0.1, 0.15) is 65.2 Å². The molecular formula is C17H33N3O. The van der Waals surface area contributed by atoms with E-state index >= 15 is 0 Å². The summed E-state index contributed by atoms with van der Waals surface area (Å²) in [7, 11) is 0. The van der Waals surface area contributed by atoms with E-state index in [-0.39, 0.29) is 11.9 Å². The van der Waals surface area contributed by atoms with Crippen LogP contribution in [0.5, 0.6) is 0 Å². The molecule has 2 N–H and O–H groups in total. The molecule has 4 nitrogen and oxygen atoms in total. The van der Waals surface area contributed by atoms with Crippen LogP contribution in [0.25, 0.3) is 0 Å². The van der Waals surface area contributed by atoms with Crippen molar-refractivity contribution in [2.24, 2.45) is 0 Å². The number of nitrogens with one attached hydrogen (secondary N) is 2. The fourth-order valence-corrected chi connectivity index (χ4v) is 3.23. The fraction of sp³-hybridized carbons (Fsp3) is 0.941. The monoisotopic (exact) mass is 295 g/mol. The lowest BCUT2D eigenvalue weighted by molar-refractivity contribution is -0.127. The second-order valence-electron chi connectivity index (χ2n) is 6.74. The van der Waals surface area contributed by atoms with Crippen LogP contribution < -0.4 is 10.6 Å². The summed E-state index contributed by atoms with van der Waals surface area (Å²) in [6, 6.07) is 1.31. The van der Waals surface area contributed by atoms with Crippen molar-refractivity contribution in [2.45, 2.75) is 83.3 Å². The van der Waals surface area contributed by atoms with E-state index in [1.165, 1.54) is 44.9 Å². The van der Waals surface area contributed by atoms with E-state index in [4.69, 9.17) is 0 Å². The Morgan fingerprint density at radius 3 is 2.76 bits per heavy atom. The summed E-state index contributed by atoms with van der Waals surface area (Å²) in [5, 5.41) is 6.75. The second-order valence-corrected chi connectivity index (χ2v) is 6.74. The Morgan fingerprint density at radius 2 is 2.05 bits per heavy atom. The van der Waals surface area contributed by atoms with E-state index in [1.807, 2.05) is 0 Å². The van der Waals surface area contributed by atoms with Crippen molar-refractivity contribution in [3.8, 4) is 0 Å². The van der Waals surface area contributed by atoms with Gasteiger partial charge >= 0.3 is 0 Å². The van der Waals surface area contributed by atoms with Gasteiger partial charge in [0.05, 0.1) is 6.04 Å². The van der Waals surface area contributed by atoms with Gasteiger partial charge in [-0.15, -0.1) is 0 Å². The third-order valence-electron chi connectivity index (χ3n) is 4.85. The van der Waals surface area contributed by atoms with Crippen LogP contribution in [0.15, 0.2) is 0 Å². The van der Waals surface area contributed by atoms with Gasteiger partial charge in [0, 0.05) is 25.2 Å². The van der Waals surface area contributed by atoms with Crippen molar-refractivity contribution in [3.63, 3.8) is 0 Å². The first-order valence-electron chi connectivity index (χ1n) is 8.99. The number of piperidine rings is 1. The zero-order chi connectivity index (χ0) is 15.1. The molecule has 2 rings (SSSR count). The maximum Gasteiger partial charge on any atom is 0.237 e. The molecule has 1 amide bonds. The Morgan fingerprint density at radius 1 is 1.24 bits per heavy atom. The van der Waals surface area contributed by atoms with Gasteiger partial charge in [-0.2, -0.15) is 0 Å². The van der Waals surface area contributed by atoms with Crippen LogP contribution >= 0.6 is 0 Å². The van der Waals surface area contributed by atoms with Gasteiger partial charge < -0.3 is 10.6 Å². The quantitative estimate of drug-likeness (QED) is 0.642. The molecule has 0 bridgehead atoms. The second kappa shape index (κ2) is 8.74. The molecule has 1 heterocycles. The molecule has 0 spiro atoms. The smallest absolute Gasteiger partial charge is 0.237 e. The minimum absolute atomic E-state index is 0.0120. The van der Waals surface area contributed by atoms with Crippen LogP contribution in [-0.4, -0.2) is 48.6 Å². The zero-order valence-electron chi connectivity index (χ0n) is 13.9. The summed E-state index contributed by atoms with van der Waals surface area (Å²) in [4.78, 5) is 14.8. The van der Waals surface area contributed by atoms with Gasteiger partial charge in [0.25, 0.3) is 0 Å².